The zero-order valence-electron chi connectivity index (χ0n) is 10.8. The summed E-state index contributed by atoms with van der Waals surface area (Å²) in [5.41, 5.74) is 1.62. The zero-order chi connectivity index (χ0) is 15.0. The first-order valence-corrected chi connectivity index (χ1v) is 6.67. The van der Waals surface area contributed by atoms with Crippen LogP contribution in [0.3, 0.4) is 0 Å². The minimum absolute atomic E-state index is 0.0185. The van der Waals surface area contributed by atoms with E-state index in [2.05, 4.69) is 4.98 Å². The molecule has 21 heavy (non-hydrogen) atoms. The number of carbonyl (C=O) groups is 1. The van der Waals surface area contributed by atoms with Crippen molar-refractivity contribution in [1.82, 2.24) is 4.98 Å². The molecule has 0 aliphatic carbocycles. The van der Waals surface area contributed by atoms with E-state index in [1.54, 1.807) is 18.3 Å². The largest absolute Gasteiger partial charge is 0.360 e. The maximum absolute atomic E-state index is 13.2. The second-order valence-electron chi connectivity index (χ2n) is 4.71. The Bertz CT molecular complexity index is 841. The van der Waals surface area contributed by atoms with Crippen molar-refractivity contribution in [1.29, 1.82) is 0 Å². The summed E-state index contributed by atoms with van der Waals surface area (Å²) in [6, 6.07) is 8.74. The standard InChI is InChI=1S/C16H10ClF2NO/c17-11-2-1-3-14-16(11)10(8-20-14)15(21)7-9-4-5-12(18)13(19)6-9/h1-6,8,20H,7H2. The van der Waals surface area contributed by atoms with Gasteiger partial charge in [0.25, 0.3) is 0 Å². The lowest BCUT2D eigenvalue weighted by Gasteiger charge is -2.02. The summed E-state index contributed by atoms with van der Waals surface area (Å²) in [6.45, 7) is 0. The van der Waals surface area contributed by atoms with Crippen LogP contribution in [0.4, 0.5) is 8.78 Å². The molecule has 0 spiro atoms. The number of H-pyrrole nitrogens is 1. The summed E-state index contributed by atoms with van der Waals surface area (Å²) in [4.78, 5) is 15.3. The first-order valence-electron chi connectivity index (χ1n) is 6.29. The summed E-state index contributed by atoms with van der Waals surface area (Å²) in [5.74, 6) is -2.10. The van der Waals surface area contributed by atoms with Crippen LogP contribution in [0, 0.1) is 11.6 Å². The van der Waals surface area contributed by atoms with Gasteiger partial charge in [-0.15, -0.1) is 0 Å². The van der Waals surface area contributed by atoms with E-state index in [4.69, 9.17) is 11.6 Å². The topological polar surface area (TPSA) is 32.9 Å². The van der Waals surface area contributed by atoms with E-state index in [1.807, 2.05) is 6.07 Å². The molecule has 0 fully saturated rings. The molecule has 2 aromatic carbocycles. The third kappa shape index (κ3) is 2.54. The Balaban J connectivity index is 1.95. The maximum Gasteiger partial charge on any atom is 0.169 e. The lowest BCUT2D eigenvalue weighted by atomic mass is 10.0. The number of benzene rings is 2. The summed E-state index contributed by atoms with van der Waals surface area (Å²) in [5, 5.41) is 1.12. The molecule has 0 aliphatic rings. The highest BCUT2D eigenvalue weighted by molar-refractivity contribution is 6.36. The second kappa shape index (κ2) is 5.30. The molecule has 0 unspecified atom stereocenters. The summed E-state index contributed by atoms with van der Waals surface area (Å²) in [7, 11) is 0. The number of nitrogens with one attached hydrogen (secondary N) is 1. The molecule has 3 aromatic rings. The Kier molecular flexibility index (Phi) is 3.47. The van der Waals surface area contributed by atoms with Gasteiger partial charge in [-0.25, -0.2) is 8.78 Å². The minimum atomic E-state index is -0.961. The third-order valence-electron chi connectivity index (χ3n) is 3.30. The first kappa shape index (κ1) is 13.8. The van der Waals surface area contributed by atoms with Crippen molar-refractivity contribution < 1.29 is 13.6 Å². The monoisotopic (exact) mass is 305 g/mol. The molecule has 0 radical (unpaired) electrons. The molecule has 1 heterocycles. The van der Waals surface area contributed by atoms with Gasteiger partial charge in [-0.05, 0) is 29.8 Å². The normalized spacial score (nSPS) is 11.0. The molecule has 0 saturated carbocycles. The quantitative estimate of drug-likeness (QED) is 0.709. The van der Waals surface area contributed by atoms with Gasteiger partial charge >= 0.3 is 0 Å². The fourth-order valence-electron chi connectivity index (χ4n) is 2.29. The summed E-state index contributed by atoms with van der Waals surface area (Å²) in [6.07, 6.45) is 1.56. The molecule has 0 bridgehead atoms. The van der Waals surface area contributed by atoms with E-state index in [-0.39, 0.29) is 12.2 Å². The van der Waals surface area contributed by atoms with Crippen molar-refractivity contribution in [3.63, 3.8) is 0 Å². The lowest BCUT2D eigenvalue weighted by molar-refractivity contribution is 0.0994. The Hall–Kier alpha value is -2.20. The lowest BCUT2D eigenvalue weighted by Crippen LogP contribution is -2.03. The van der Waals surface area contributed by atoms with E-state index in [1.165, 1.54) is 6.07 Å². The van der Waals surface area contributed by atoms with Gasteiger partial charge in [-0.3, -0.25) is 4.79 Å². The molecular formula is C16H10ClF2NO. The highest BCUT2D eigenvalue weighted by atomic mass is 35.5. The van der Waals surface area contributed by atoms with Gasteiger partial charge in [0, 0.05) is 29.1 Å². The number of aromatic amines is 1. The van der Waals surface area contributed by atoms with Gasteiger partial charge < -0.3 is 4.98 Å². The number of fused-ring (bicyclic) bond motifs is 1. The SMILES string of the molecule is O=C(Cc1ccc(F)c(F)c1)c1c[nH]c2cccc(Cl)c12. The van der Waals surface area contributed by atoms with Gasteiger partial charge in [-0.1, -0.05) is 23.7 Å². The summed E-state index contributed by atoms with van der Waals surface area (Å²) >= 11 is 6.11. The predicted octanol–water partition coefficient (Wildman–Crippen LogP) is 4.52. The molecule has 0 saturated heterocycles. The van der Waals surface area contributed by atoms with Crippen LogP contribution in [0.1, 0.15) is 15.9 Å². The molecule has 0 atom stereocenters. The fourth-order valence-corrected chi connectivity index (χ4v) is 2.57. The van der Waals surface area contributed by atoms with Gasteiger partial charge in [0.2, 0.25) is 0 Å². The number of hydrogen-bond acceptors (Lipinski definition) is 1. The van der Waals surface area contributed by atoms with Gasteiger partial charge in [-0.2, -0.15) is 0 Å². The predicted molar refractivity (Wildman–Crippen MR) is 77.7 cm³/mol. The van der Waals surface area contributed by atoms with Crippen molar-refractivity contribution in [3.8, 4) is 0 Å². The van der Waals surface area contributed by atoms with Crippen LogP contribution in [0.2, 0.25) is 5.02 Å². The van der Waals surface area contributed by atoms with Crippen molar-refractivity contribution >= 4 is 28.3 Å². The van der Waals surface area contributed by atoms with Crippen LogP contribution < -0.4 is 0 Å². The van der Waals surface area contributed by atoms with E-state index in [0.29, 0.717) is 21.5 Å². The molecule has 0 amide bonds. The number of halogens is 3. The van der Waals surface area contributed by atoms with Gasteiger partial charge in [0.1, 0.15) is 0 Å². The zero-order valence-corrected chi connectivity index (χ0v) is 11.5. The molecule has 5 heteroatoms. The molecule has 106 valence electrons. The van der Waals surface area contributed by atoms with Crippen LogP contribution in [0.15, 0.2) is 42.6 Å². The van der Waals surface area contributed by atoms with E-state index < -0.39 is 11.6 Å². The van der Waals surface area contributed by atoms with Crippen LogP contribution in [0.25, 0.3) is 10.9 Å². The molecule has 0 aliphatic heterocycles. The first-order chi connectivity index (χ1) is 10.1. The molecule has 1 N–H and O–H groups in total. The highest BCUT2D eigenvalue weighted by Gasteiger charge is 2.15. The van der Waals surface area contributed by atoms with Crippen molar-refractivity contribution in [2.75, 3.05) is 0 Å². The molecule has 2 nitrogen and oxygen atoms in total. The summed E-state index contributed by atoms with van der Waals surface area (Å²) < 4.78 is 26.1. The average Bonchev–Trinajstić information content (AvgIpc) is 2.88. The van der Waals surface area contributed by atoms with Crippen LogP contribution in [-0.2, 0) is 6.42 Å². The number of aromatic nitrogens is 1. The number of hydrogen-bond donors (Lipinski definition) is 1. The van der Waals surface area contributed by atoms with Gasteiger partial charge in [0.15, 0.2) is 17.4 Å². The number of carbonyl (C=O) groups excluding carboxylic acids is 1. The van der Waals surface area contributed by atoms with Crippen LogP contribution in [-0.4, -0.2) is 10.8 Å². The molecular weight excluding hydrogens is 296 g/mol. The van der Waals surface area contributed by atoms with Crippen molar-refractivity contribution in [2.24, 2.45) is 0 Å². The Morgan fingerprint density at radius 3 is 2.71 bits per heavy atom. The van der Waals surface area contributed by atoms with E-state index in [0.717, 1.165) is 17.6 Å². The van der Waals surface area contributed by atoms with E-state index in [9.17, 15) is 13.6 Å². The Morgan fingerprint density at radius 2 is 1.95 bits per heavy atom. The maximum atomic E-state index is 13.2. The molecule has 3 rings (SSSR count). The van der Waals surface area contributed by atoms with Crippen LogP contribution >= 0.6 is 11.6 Å². The van der Waals surface area contributed by atoms with Crippen LogP contribution in [0.5, 0.6) is 0 Å². The molecule has 1 aromatic heterocycles. The Morgan fingerprint density at radius 1 is 1.14 bits per heavy atom. The third-order valence-corrected chi connectivity index (χ3v) is 3.62. The van der Waals surface area contributed by atoms with Crippen molar-refractivity contribution in [2.45, 2.75) is 6.42 Å². The minimum Gasteiger partial charge on any atom is -0.360 e. The highest BCUT2D eigenvalue weighted by Crippen LogP contribution is 2.27. The van der Waals surface area contributed by atoms with E-state index >= 15 is 0 Å². The number of rotatable bonds is 3. The fraction of sp³-hybridized carbons (Fsp3) is 0.0625. The second-order valence-corrected chi connectivity index (χ2v) is 5.12. The smallest absolute Gasteiger partial charge is 0.169 e. The van der Waals surface area contributed by atoms with Gasteiger partial charge in [0.05, 0.1) is 5.02 Å². The van der Waals surface area contributed by atoms with Crippen molar-refractivity contribution in [3.05, 3.63) is 70.4 Å². The average molecular weight is 306 g/mol. The number of ketones is 1. The number of Topliss-reactive ketones (excluding diaryl/α,β-unsaturated/α-hetero) is 1. The Labute approximate surface area is 124 Å².